The number of benzene rings is 1. The Morgan fingerprint density at radius 2 is 2.21 bits per heavy atom. The highest BCUT2D eigenvalue weighted by Crippen LogP contribution is 2.27. The minimum Gasteiger partial charge on any atom is -0.464 e. The number of hydrogen-bond acceptors (Lipinski definition) is 6. The van der Waals surface area contributed by atoms with E-state index in [4.69, 9.17) is 4.42 Å². The molecule has 5 nitrogen and oxygen atoms in total. The molecule has 0 spiro atoms. The van der Waals surface area contributed by atoms with Gasteiger partial charge in [-0.05, 0) is 31.4 Å². The molecule has 0 aliphatic rings. The molecule has 0 atom stereocenters. The van der Waals surface area contributed by atoms with Gasteiger partial charge in [0.15, 0.2) is 0 Å². The lowest BCUT2D eigenvalue weighted by molar-refractivity contribution is -0.115. The molecule has 24 heavy (non-hydrogen) atoms. The molecular weight excluding hydrogens is 342 g/mol. The van der Waals surface area contributed by atoms with Crippen LogP contribution in [0.25, 0.3) is 11.0 Å². The summed E-state index contributed by atoms with van der Waals surface area (Å²) in [5.74, 6) is 0.864. The average molecular weight is 361 g/mol. The fourth-order valence-electron chi connectivity index (χ4n) is 2.37. The highest BCUT2D eigenvalue weighted by Gasteiger charge is 2.14. The van der Waals surface area contributed by atoms with Gasteiger partial charge in [-0.2, -0.15) is 9.36 Å². The van der Waals surface area contributed by atoms with Gasteiger partial charge in [0.1, 0.15) is 5.58 Å². The second-order valence-corrected chi connectivity index (χ2v) is 7.41. The number of anilines is 1. The third kappa shape index (κ3) is 3.62. The first-order valence-corrected chi connectivity index (χ1v) is 9.57. The van der Waals surface area contributed by atoms with E-state index in [1.165, 1.54) is 17.1 Å². The van der Waals surface area contributed by atoms with Crippen LogP contribution in [0.15, 0.2) is 28.0 Å². The molecular formula is C17H19N3O2S2. The quantitative estimate of drug-likeness (QED) is 0.651. The zero-order valence-corrected chi connectivity index (χ0v) is 15.5. The first-order valence-electron chi connectivity index (χ1n) is 7.81. The van der Waals surface area contributed by atoms with Crippen molar-refractivity contribution in [3.05, 3.63) is 35.1 Å². The van der Waals surface area contributed by atoms with Gasteiger partial charge >= 0.3 is 0 Å². The van der Waals surface area contributed by atoms with E-state index < -0.39 is 0 Å². The number of nitrogens with one attached hydrogen (secondary N) is 1. The van der Waals surface area contributed by atoms with Gasteiger partial charge in [0.05, 0.1) is 12.7 Å². The molecule has 3 aromatic rings. The number of amides is 1. The van der Waals surface area contributed by atoms with Crippen molar-refractivity contribution in [2.75, 3.05) is 11.1 Å². The van der Waals surface area contributed by atoms with Crippen molar-refractivity contribution in [3.63, 3.8) is 0 Å². The van der Waals surface area contributed by atoms with Crippen LogP contribution in [0.2, 0.25) is 0 Å². The monoisotopic (exact) mass is 361 g/mol. The van der Waals surface area contributed by atoms with E-state index in [0.29, 0.717) is 5.13 Å². The maximum atomic E-state index is 12.3. The lowest BCUT2D eigenvalue weighted by Gasteiger charge is -2.02. The number of fused-ring (bicyclic) bond motifs is 1. The minimum atomic E-state index is -0.112. The number of carbonyl (C=O) groups is 1. The highest BCUT2D eigenvalue weighted by molar-refractivity contribution is 7.99. The Morgan fingerprint density at radius 3 is 3.00 bits per heavy atom. The van der Waals surface area contributed by atoms with Gasteiger partial charge in [-0.15, -0.1) is 0 Å². The normalized spacial score (nSPS) is 11.1. The minimum absolute atomic E-state index is 0.112. The second-order valence-electron chi connectivity index (χ2n) is 5.60. The van der Waals surface area contributed by atoms with Crippen LogP contribution < -0.4 is 5.32 Å². The molecule has 0 aliphatic heterocycles. The Hall–Kier alpha value is -1.86. The summed E-state index contributed by atoms with van der Waals surface area (Å²) >= 11 is 2.81. The number of hydrogen-bond donors (Lipinski definition) is 1. The van der Waals surface area contributed by atoms with Crippen LogP contribution >= 0.6 is 23.3 Å². The summed E-state index contributed by atoms with van der Waals surface area (Å²) in [6, 6.07) is 4.06. The predicted octanol–water partition coefficient (Wildman–Crippen LogP) is 4.58. The molecule has 1 aromatic carbocycles. The summed E-state index contributed by atoms with van der Waals surface area (Å²) in [4.78, 5) is 16.6. The second kappa shape index (κ2) is 7.36. The zero-order valence-electron chi connectivity index (χ0n) is 13.9. The Kier molecular flexibility index (Phi) is 5.20. The van der Waals surface area contributed by atoms with Gasteiger partial charge < -0.3 is 9.73 Å². The van der Waals surface area contributed by atoms with Gasteiger partial charge in [-0.25, -0.2) is 0 Å². The molecule has 0 aliphatic carbocycles. The van der Waals surface area contributed by atoms with Crippen molar-refractivity contribution in [1.29, 1.82) is 0 Å². The van der Waals surface area contributed by atoms with Crippen LogP contribution in [0.4, 0.5) is 5.13 Å². The first kappa shape index (κ1) is 17.0. The molecule has 0 saturated carbocycles. The zero-order chi connectivity index (χ0) is 17.1. The van der Waals surface area contributed by atoms with Crippen molar-refractivity contribution in [2.24, 2.45) is 0 Å². The Bertz CT molecular complexity index is 870. The molecule has 0 fully saturated rings. The van der Waals surface area contributed by atoms with Crippen LogP contribution in [0.1, 0.15) is 30.0 Å². The van der Waals surface area contributed by atoms with Gasteiger partial charge in [-0.3, -0.25) is 4.79 Å². The lowest BCUT2D eigenvalue weighted by atomic mass is 10.0. The molecule has 0 radical (unpaired) electrons. The van der Waals surface area contributed by atoms with E-state index in [-0.39, 0.29) is 12.3 Å². The van der Waals surface area contributed by atoms with Crippen molar-refractivity contribution < 1.29 is 9.21 Å². The Balaban J connectivity index is 1.69. The van der Waals surface area contributed by atoms with Crippen LogP contribution in [0.3, 0.4) is 0 Å². The average Bonchev–Trinajstić information content (AvgIpc) is 3.16. The number of carbonyl (C=O) groups excluding carboxylic acids is 1. The number of aromatic nitrogens is 2. The maximum absolute atomic E-state index is 12.3. The van der Waals surface area contributed by atoms with Gasteiger partial charge in [-0.1, -0.05) is 30.8 Å². The van der Waals surface area contributed by atoms with E-state index in [0.717, 1.165) is 39.4 Å². The summed E-state index contributed by atoms with van der Waals surface area (Å²) in [5, 5.41) is 5.07. The summed E-state index contributed by atoms with van der Waals surface area (Å²) in [7, 11) is 0. The summed E-state index contributed by atoms with van der Waals surface area (Å²) in [5.41, 5.74) is 4.03. The van der Waals surface area contributed by atoms with Crippen LogP contribution in [-0.4, -0.2) is 21.0 Å². The number of aryl methyl sites for hydroxylation is 2. The fourth-order valence-corrected chi connectivity index (χ4v) is 3.79. The van der Waals surface area contributed by atoms with Crippen molar-refractivity contribution >= 4 is 45.3 Å². The lowest BCUT2D eigenvalue weighted by Crippen LogP contribution is -2.14. The molecule has 1 N–H and O–H groups in total. The van der Waals surface area contributed by atoms with Gasteiger partial charge in [0.25, 0.3) is 0 Å². The molecule has 0 unspecified atom stereocenters. The molecule has 7 heteroatoms. The molecule has 2 aromatic heterocycles. The largest absolute Gasteiger partial charge is 0.464 e. The fraction of sp³-hybridized carbons (Fsp3) is 0.353. The Morgan fingerprint density at radius 1 is 1.38 bits per heavy atom. The van der Waals surface area contributed by atoms with Crippen LogP contribution in [0, 0.1) is 13.8 Å². The maximum Gasteiger partial charge on any atom is 0.230 e. The summed E-state index contributed by atoms with van der Waals surface area (Å²) < 4.78 is 9.89. The van der Waals surface area contributed by atoms with Crippen molar-refractivity contribution in [1.82, 2.24) is 9.36 Å². The Labute approximate surface area is 149 Å². The van der Waals surface area contributed by atoms with E-state index in [1.54, 1.807) is 18.0 Å². The number of furan rings is 1. The third-order valence-electron chi connectivity index (χ3n) is 3.78. The molecule has 2 heterocycles. The number of rotatable bonds is 6. The van der Waals surface area contributed by atoms with E-state index >= 15 is 0 Å². The smallest absolute Gasteiger partial charge is 0.230 e. The SMILES string of the molecule is CCCSc1nsc(NC(=O)Cc2coc3c(C)c(C)ccc23)n1. The molecule has 0 bridgehead atoms. The topological polar surface area (TPSA) is 68.0 Å². The van der Waals surface area contributed by atoms with Gasteiger partial charge in [0, 0.05) is 28.2 Å². The summed E-state index contributed by atoms with van der Waals surface area (Å²) in [6.07, 6.45) is 2.99. The molecule has 1 amide bonds. The molecule has 126 valence electrons. The van der Waals surface area contributed by atoms with E-state index in [1.807, 2.05) is 19.9 Å². The number of nitrogens with zero attached hydrogens (tertiary/aromatic N) is 2. The first-order chi connectivity index (χ1) is 11.6. The van der Waals surface area contributed by atoms with Crippen LogP contribution in [0.5, 0.6) is 0 Å². The highest BCUT2D eigenvalue weighted by atomic mass is 32.2. The predicted molar refractivity (Wildman–Crippen MR) is 98.9 cm³/mol. The molecule has 0 saturated heterocycles. The van der Waals surface area contributed by atoms with E-state index in [2.05, 4.69) is 27.7 Å². The van der Waals surface area contributed by atoms with Gasteiger partial charge in [0.2, 0.25) is 16.2 Å². The standard InChI is InChI=1S/C17H19N3O2S2/c1-4-7-23-17-19-16(24-20-17)18-14(21)8-12-9-22-15-11(3)10(2)5-6-13(12)15/h5-6,9H,4,7-8H2,1-3H3,(H,18,19,20,21). The van der Waals surface area contributed by atoms with Crippen molar-refractivity contribution in [2.45, 2.75) is 38.8 Å². The van der Waals surface area contributed by atoms with Crippen molar-refractivity contribution in [3.8, 4) is 0 Å². The van der Waals surface area contributed by atoms with E-state index in [9.17, 15) is 4.79 Å². The number of thioether (sulfide) groups is 1. The molecule has 3 rings (SSSR count). The summed E-state index contributed by atoms with van der Waals surface area (Å²) in [6.45, 7) is 6.19. The third-order valence-corrected chi connectivity index (χ3v) is 5.58. The van der Waals surface area contributed by atoms with Crippen LogP contribution in [-0.2, 0) is 11.2 Å².